The fourth-order valence-electron chi connectivity index (χ4n) is 0.704. The van der Waals surface area contributed by atoms with E-state index in [1.54, 1.807) is 4.68 Å². The van der Waals surface area contributed by atoms with Crippen LogP contribution in [0.25, 0.3) is 0 Å². The Morgan fingerprint density at radius 3 is 2.56 bits per heavy atom. The van der Waals surface area contributed by atoms with Gasteiger partial charge in [-0.3, -0.25) is 4.68 Å². The van der Waals surface area contributed by atoms with E-state index in [1.165, 1.54) is 0 Å². The summed E-state index contributed by atoms with van der Waals surface area (Å²) in [6.45, 7) is 4.58. The lowest BCUT2D eigenvalue weighted by Gasteiger charge is -1.93. The molecule has 4 heteroatoms. The van der Waals surface area contributed by atoms with Crippen LogP contribution < -0.4 is 5.72 Å². The summed E-state index contributed by atoms with van der Waals surface area (Å²) in [5.41, 5.74) is 0.495. The van der Waals surface area contributed by atoms with E-state index in [1.807, 2.05) is 13.8 Å². The Morgan fingerprint density at radius 1 is 1.67 bits per heavy atom. The first kappa shape index (κ1) is 6.33. The van der Waals surface area contributed by atoms with Crippen LogP contribution in [0.3, 0.4) is 0 Å². The third-order valence-electron chi connectivity index (χ3n) is 1.11. The number of hydrogen-bond acceptors (Lipinski definition) is 2. The molecule has 0 spiro atoms. The molecule has 0 saturated heterocycles. The molecule has 0 aliphatic rings. The van der Waals surface area contributed by atoms with Crippen molar-refractivity contribution in [2.75, 3.05) is 0 Å². The molecule has 0 aliphatic heterocycles. The van der Waals surface area contributed by atoms with E-state index in [4.69, 9.17) is 7.85 Å². The second-order valence-corrected chi connectivity index (χ2v) is 1.83. The lowest BCUT2D eigenvalue weighted by atomic mass is 10.1. The molecule has 0 saturated carbocycles. The molecule has 0 aromatic carbocycles. The van der Waals surface area contributed by atoms with Crippen molar-refractivity contribution in [3.8, 4) is 0 Å². The summed E-state index contributed by atoms with van der Waals surface area (Å²) < 4.78 is 1.66. The molecule has 1 rings (SSSR count). The zero-order chi connectivity index (χ0) is 6.85. The molecular formula is C5H8BN3. The average Bonchev–Trinajstić information content (AvgIpc) is 2.10. The van der Waals surface area contributed by atoms with E-state index in [0.29, 0.717) is 5.72 Å². The zero-order valence-electron chi connectivity index (χ0n) is 5.63. The summed E-state index contributed by atoms with van der Waals surface area (Å²) >= 11 is 0. The highest BCUT2D eigenvalue weighted by Crippen LogP contribution is 1.80. The molecule has 2 radical (unpaired) electrons. The first-order valence-corrected chi connectivity index (χ1v) is 2.91. The molecule has 0 atom stereocenters. The number of rotatable bonds is 1. The molecule has 0 aliphatic carbocycles. The normalized spacial score (nSPS) is 10.0. The first-order chi connectivity index (χ1) is 4.24. The van der Waals surface area contributed by atoms with Crippen molar-refractivity contribution >= 4 is 13.6 Å². The summed E-state index contributed by atoms with van der Waals surface area (Å²) in [7, 11) is 5.44. The van der Waals surface area contributed by atoms with Gasteiger partial charge in [-0.1, -0.05) is 0 Å². The third kappa shape index (κ3) is 1.12. The van der Waals surface area contributed by atoms with E-state index in [0.717, 1.165) is 12.4 Å². The standard InChI is InChI=1S/C5H8BN3/c1-3-9-5(6)7-4(2)8-9/h3H2,1-2H3. The van der Waals surface area contributed by atoms with Crippen molar-refractivity contribution in [1.29, 1.82) is 0 Å². The highest BCUT2D eigenvalue weighted by atomic mass is 15.3. The Kier molecular flexibility index (Phi) is 1.55. The summed E-state index contributed by atoms with van der Waals surface area (Å²) in [6, 6.07) is 0. The van der Waals surface area contributed by atoms with Crippen LogP contribution >= 0.6 is 0 Å². The summed E-state index contributed by atoms with van der Waals surface area (Å²) in [4.78, 5) is 3.91. The summed E-state index contributed by atoms with van der Waals surface area (Å²) in [5, 5.41) is 4.01. The molecular weight excluding hydrogens is 113 g/mol. The van der Waals surface area contributed by atoms with Gasteiger partial charge in [0.2, 0.25) is 0 Å². The second kappa shape index (κ2) is 2.21. The minimum Gasteiger partial charge on any atom is -0.261 e. The maximum absolute atomic E-state index is 5.44. The quantitative estimate of drug-likeness (QED) is 0.464. The zero-order valence-corrected chi connectivity index (χ0v) is 5.63. The SMILES string of the molecule is [B]c1nc(C)nn1CC. The van der Waals surface area contributed by atoms with Crippen molar-refractivity contribution in [2.45, 2.75) is 20.4 Å². The van der Waals surface area contributed by atoms with Crippen LogP contribution in [0.4, 0.5) is 0 Å². The van der Waals surface area contributed by atoms with Crippen LogP contribution in [0.5, 0.6) is 0 Å². The Bertz CT molecular complexity index is 206. The topological polar surface area (TPSA) is 30.7 Å². The highest BCUT2D eigenvalue weighted by Gasteiger charge is 1.96. The average molecular weight is 121 g/mol. The van der Waals surface area contributed by atoms with Crippen LogP contribution in [0.2, 0.25) is 0 Å². The van der Waals surface area contributed by atoms with Crippen molar-refractivity contribution < 1.29 is 0 Å². The fourth-order valence-corrected chi connectivity index (χ4v) is 0.704. The van der Waals surface area contributed by atoms with Crippen molar-refractivity contribution in [1.82, 2.24) is 14.8 Å². The van der Waals surface area contributed by atoms with Gasteiger partial charge in [0.05, 0.1) is 5.72 Å². The lowest BCUT2D eigenvalue weighted by molar-refractivity contribution is 0.670. The summed E-state index contributed by atoms with van der Waals surface area (Å²) in [6.07, 6.45) is 0. The largest absolute Gasteiger partial charge is 0.261 e. The van der Waals surface area contributed by atoms with E-state index in [9.17, 15) is 0 Å². The third-order valence-corrected chi connectivity index (χ3v) is 1.11. The van der Waals surface area contributed by atoms with E-state index in [-0.39, 0.29) is 0 Å². The van der Waals surface area contributed by atoms with Gasteiger partial charge in [-0.2, -0.15) is 5.10 Å². The predicted octanol–water partition coefficient (Wildman–Crippen LogP) is -0.600. The minimum absolute atomic E-state index is 0.495. The van der Waals surface area contributed by atoms with Crippen LogP contribution in [0.1, 0.15) is 12.7 Å². The van der Waals surface area contributed by atoms with Gasteiger partial charge < -0.3 is 0 Å². The van der Waals surface area contributed by atoms with Gasteiger partial charge >= 0.3 is 0 Å². The van der Waals surface area contributed by atoms with E-state index in [2.05, 4.69) is 10.1 Å². The maximum atomic E-state index is 5.44. The van der Waals surface area contributed by atoms with Gasteiger partial charge in [0.15, 0.2) is 7.85 Å². The Morgan fingerprint density at radius 2 is 2.33 bits per heavy atom. The lowest BCUT2D eigenvalue weighted by Crippen LogP contribution is -2.18. The molecule has 1 aromatic heterocycles. The van der Waals surface area contributed by atoms with Gasteiger partial charge in [-0.05, 0) is 13.8 Å². The maximum Gasteiger partial charge on any atom is 0.169 e. The van der Waals surface area contributed by atoms with E-state index >= 15 is 0 Å². The predicted molar refractivity (Wildman–Crippen MR) is 35.8 cm³/mol. The molecule has 9 heavy (non-hydrogen) atoms. The van der Waals surface area contributed by atoms with Crippen LogP contribution in [0.15, 0.2) is 0 Å². The Labute approximate surface area is 55.5 Å². The van der Waals surface area contributed by atoms with Crippen molar-refractivity contribution in [3.05, 3.63) is 5.82 Å². The molecule has 0 amide bonds. The summed E-state index contributed by atoms with van der Waals surface area (Å²) in [5.74, 6) is 0.731. The smallest absolute Gasteiger partial charge is 0.169 e. The number of aromatic nitrogens is 3. The van der Waals surface area contributed by atoms with Crippen LogP contribution in [-0.4, -0.2) is 22.6 Å². The van der Waals surface area contributed by atoms with Gasteiger partial charge in [-0.25, -0.2) is 4.98 Å². The molecule has 1 heterocycles. The fraction of sp³-hybridized carbons (Fsp3) is 0.600. The van der Waals surface area contributed by atoms with Gasteiger partial charge in [0, 0.05) is 6.54 Å². The molecule has 0 unspecified atom stereocenters. The Balaban J connectivity index is 3.01. The molecule has 46 valence electrons. The second-order valence-electron chi connectivity index (χ2n) is 1.83. The van der Waals surface area contributed by atoms with Crippen molar-refractivity contribution in [2.24, 2.45) is 0 Å². The molecule has 0 bridgehead atoms. The van der Waals surface area contributed by atoms with Gasteiger partial charge in [0.1, 0.15) is 5.82 Å². The molecule has 0 fully saturated rings. The molecule has 0 N–H and O–H groups in total. The molecule has 1 aromatic rings. The monoisotopic (exact) mass is 121 g/mol. The van der Waals surface area contributed by atoms with Crippen LogP contribution in [0, 0.1) is 6.92 Å². The van der Waals surface area contributed by atoms with Crippen molar-refractivity contribution in [3.63, 3.8) is 0 Å². The number of nitrogens with zero attached hydrogens (tertiary/aromatic N) is 3. The van der Waals surface area contributed by atoms with E-state index < -0.39 is 0 Å². The van der Waals surface area contributed by atoms with Crippen LogP contribution in [-0.2, 0) is 6.54 Å². The number of hydrogen-bond donors (Lipinski definition) is 0. The number of aryl methyl sites for hydroxylation is 2. The Hall–Kier alpha value is -0.795. The minimum atomic E-state index is 0.495. The first-order valence-electron chi connectivity index (χ1n) is 2.91. The highest BCUT2D eigenvalue weighted by molar-refractivity contribution is 6.29. The molecule has 3 nitrogen and oxygen atoms in total. The van der Waals surface area contributed by atoms with Gasteiger partial charge in [-0.15, -0.1) is 0 Å². The van der Waals surface area contributed by atoms with Gasteiger partial charge in [0.25, 0.3) is 0 Å².